The van der Waals surface area contributed by atoms with Gasteiger partial charge in [0.1, 0.15) is 5.82 Å². The number of aromatic nitrogens is 3. The van der Waals surface area contributed by atoms with Gasteiger partial charge in [-0.05, 0) is 11.6 Å². The first kappa shape index (κ1) is 21.3. The third-order valence-corrected chi connectivity index (χ3v) is 4.38. The zero-order chi connectivity index (χ0) is 18.5. The Kier molecular flexibility index (Phi) is 7.73. The zero-order valence-electron chi connectivity index (χ0n) is 15.6. The molecule has 0 bridgehead atoms. The normalized spacial score (nSPS) is 11.2. The molecule has 0 aliphatic rings. The first-order valence-electron chi connectivity index (χ1n) is 8.38. The number of hydrogen-bond donors (Lipinski definition) is 2. The molecule has 3 aromatic rings. The summed E-state index contributed by atoms with van der Waals surface area (Å²) in [6.07, 6.45) is 3.75. The van der Waals surface area contributed by atoms with Gasteiger partial charge in [-0.25, -0.2) is 4.98 Å². The molecule has 6 nitrogen and oxygen atoms in total. The Hall–Kier alpha value is -2.00. The molecule has 2 aromatic heterocycles. The maximum atomic E-state index is 6.06. The molecule has 0 saturated heterocycles. The molecule has 0 aliphatic heterocycles. The second kappa shape index (κ2) is 9.80. The van der Waals surface area contributed by atoms with Crippen LogP contribution in [-0.4, -0.2) is 39.5 Å². The van der Waals surface area contributed by atoms with Gasteiger partial charge in [-0.3, -0.25) is 4.99 Å². The number of nitrogens with one attached hydrogen (secondary N) is 2. The molecule has 3 rings (SSSR count). The Morgan fingerprint density at radius 3 is 2.70 bits per heavy atom. The predicted octanol–water partition coefficient (Wildman–Crippen LogP) is 3.89. The molecule has 0 fully saturated rings. The fourth-order valence-electron chi connectivity index (χ4n) is 2.81. The summed E-state index contributed by atoms with van der Waals surface area (Å²) in [6.45, 7) is 1.27. The Bertz CT molecular complexity index is 887. The Morgan fingerprint density at radius 1 is 1.33 bits per heavy atom. The number of rotatable bonds is 5. The first-order valence-corrected chi connectivity index (χ1v) is 8.76. The molecule has 144 valence electrons. The van der Waals surface area contributed by atoms with Gasteiger partial charge in [0.05, 0.1) is 30.0 Å². The van der Waals surface area contributed by atoms with Crippen LogP contribution in [0, 0.1) is 0 Å². The maximum absolute atomic E-state index is 6.06. The van der Waals surface area contributed by atoms with Crippen molar-refractivity contribution < 1.29 is 0 Å². The number of H-pyrrole nitrogens is 1. The zero-order valence-corrected chi connectivity index (χ0v) is 18.7. The van der Waals surface area contributed by atoms with Crippen LogP contribution in [0.15, 0.2) is 53.8 Å². The lowest BCUT2D eigenvalue weighted by molar-refractivity contribution is 0.461. The highest BCUT2D eigenvalue weighted by Gasteiger charge is 2.10. The minimum Gasteiger partial charge on any atom is -0.351 e. The lowest BCUT2D eigenvalue weighted by Gasteiger charge is -2.22. The van der Waals surface area contributed by atoms with Crippen molar-refractivity contribution >= 4 is 41.5 Å². The van der Waals surface area contributed by atoms with Crippen molar-refractivity contribution in [1.29, 1.82) is 0 Å². The van der Waals surface area contributed by atoms with Gasteiger partial charge in [-0.15, -0.1) is 24.0 Å². The third kappa shape index (κ3) is 5.49. The van der Waals surface area contributed by atoms with Gasteiger partial charge in [0.2, 0.25) is 0 Å². The van der Waals surface area contributed by atoms with Gasteiger partial charge in [0, 0.05) is 33.0 Å². The number of aliphatic imine (C=N–C) groups is 1. The Balaban J connectivity index is 0.00000261. The second-order valence-corrected chi connectivity index (χ2v) is 6.56. The molecule has 0 spiro atoms. The highest BCUT2D eigenvalue weighted by molar-refractivity contribution is 14.0. The van der Waals surface area contributed by atoms with E-state index in [4.69, 9.17) is 11.6 Å². The number of hydrogen-bond acceptors (Lipinski definition) is 2. The van der Waals surface area contributed by atoms with Crippen molar-refractivity contribution in [2.75, 3.05) is 14.1 Å². The van der Waals surface area contributed by atoms with E-state index in [-0.39, 0.29) is 24.0 Å². The summed E-state index contributed by atoms with van der Waals surface area (Å²) in [5.41, 5.74) is 3.24. The Labute approximate surface area is 181 Å². The molecule has 0 aliphatic carbocycles. The van der Waals surface area contributed by atoms with E-state index in [1.165, 1.54) is 0 Å². The first-order chi connectivity index (χ1) is 12.6. The van der Waals surface area contributed by atoms with E-state index in [0.29, 0.717) is 13.1 Å². The highest BCUT2D eigenvalue weighted by atomic mass is 127. The summed E-state index contributed by atoms with van der Waals surface area (Å²) in [6, 6.07) is 12.1. The maximum Gasteiger partial charge on any atom is 0.194 e. The van der Waals surface area contributed by atoms with E-state index in [2.05, 4.69) is 32.4 Å². The van der Waals surface area contributed by atoms with E-state index in [9.17, 15) is 0 Å². The van der Waals surface area contributed by atoms with Gasteiger partial charge in [-0.1, -0.05) is 41.9 Å². The molecule has 27 heavy (non-hydrogen) atoms. The fraction of sp³-hybridized carbons (Fsp3) is 0.263. The Morgan fingerprint density at radius 2 is 2.07 bits per heavy atom. The number of aromatic amines is 1. The number of imidazole rings is 1. The quantitative estimate of drug-likeness (QED) is 0.319. The van der Waals surface area contributed by atoms with E-state index < -0.39 is 0 Å². The summed E-state index contributed by atoms with van der Waals surface area (Å²) in [5, 5.41) is 4.08. The van der Waals surface area contributed by atoms with Crippen molar-refractivity contribution in [2.45, 2.75) is 13.1 Å². The molecule has 8 heteroatoms. The van der Waals surface area contributed by atoms with Crippen LogP contribution in [0.3, 0.4) is 0 Å². The SMILES string of the molecule is CN=C(NCc1ncc(-c2ccccc2)[nH]1)N(C)Cc1cc(Cl)cn1C.I. The summed E-state index contributed by atoms with van der Waals surface area (Å²) < 4.78 is 2.02. The van der Waals surface area contributed by atoms with Crippen LogP contribution >= 0.6 is 35.6 Å². The standard InChI is InChI=1S/C19H23ClN6.HI/c1-21-19(26(3)13-16-9-15(20)12-25(16)2)23-11-18-22-10-17(24-18)14-7-5-4-6-8-14;/h4-10,12H,11,13H2,1-3H3,(H,21,23)(H,22,24);1H. The third-order valence-electron chi connectivity index (χ3n) is 4.17. The second-order valence-electron chi connectivity index (χ2n) is 6.13. The van der Waals surface area contributed by atoms with E-state index >= 15 is 0 Å². The van der Waals surface area contributed by atoms with Gasteiger partial charge in [-0.2, -0.15) is 0 Å². The van der Waals surface area contributed by atoms with Crippen LogP contribution in [0.4, 0.5) is 0 Å². The van der Waals surface area contributed by atoms with Crippen LogP contribution in [-0.2, 0) is 20.1 Å². The molecular formula is C19H24ClIN6. The van der Waals surface area contributed by atoms with E-state index in [1.807, 2.05) is 60.2 Å². The molecular weight excluding hydrogens is 475 g/mol. The number of guanidine groups is 1. The van der Waals surface area contributed by atoms with E-state index in [1.54, 1.807) is 7.05 Å². The van der Waals surface area contributed by atoms with Crippen molar-refractivity contribution in [2.24, 2.45) is 12.0 Å². The average Bonchev–Trinajstić information content (AvgIpc) is 3.23. The van der Waals surface area contributed by atoms with Crippen molar-refractivity contribution in [3.8, 4) is 11.3 Å². The molecule has 0 amide bonds. The van der Waals surface area contributed by atoms with Crippen molar-refractivity contribution in [3.63, 3.8) is 0 Å². The fourth-order valence-corrected chi connectivity index (χ4v) is 3.08. The van der Waals surface area contributed by atoms with Crippen molar-refractivity contribution in [1.82, 2.24) is 24.8 Å². The average molecular weight is 499 g/mol. The number of benzene rings is 1. The monoisotopic (exact) mass is 498 g/mol. The minimum atomic E-state index is 0. The summed E-state index contributed by atoms with van der Waals surface area (Å²) in [5.74, 6) is 1.65. The van der Waals surface area contributed by atoms with Gasteiger partial charge in [0.25, 0.3) is 0 Å². The van der Waals surface area contributed by atoms with E-state index in [0.717, 1.165) is 33.8 Å². The van der Waals surface area contributed by atoms with Crippen LogP contribution in [0.25, 0.3) is 11.3 Å². The smallest absolute Gasteiger partial charge is 0.194 e. The van der Waals surface area contributed by atoms with Crippen LogP contribution < -0.4 is 5.32 Å². The highest BCUT2D eigenvalue weighted by Crippen LogP contribution is 2.16. The molecule has 2 heterocycles. The van der Waals surface area contributed by atoms with Crippen LogP contribution in [0.2, 0.25) is 5.02 Å². The number of aryl methyl sites for hydroxylation is 1. The van der Waals surface area contributed by atoms with Gasteiger partial charge < -0.3 is 19.8 Å². The van der Waals surface area contributed by atoms with Crippen LogP contribution in [0.1, 0.15) is 11.5 Å². The molecule has 2 N–H and O–H groups in total. The summed E-state index contributed by atoms with van der Waals surface area (Å²) >= 11 is 6.06. The minimum absolute atomic E-state index is 0. The molecule has 0 atom stereocenters. The number of nitrogens with zero attached hydrogens (tertiary/aromatic N) is 4. The molecule has 0 saturated carbocycles. The lowest BCUT2D eigenvalue weighted by atomic mass is 10.2. The van der Waals surface area contributed by atoms with Gasteiger partial charge in [0.15, 0.2) is 5.96 Å². The lowest BCUT2D eigenvalue weighted by Crippen LogP contribution is -2.38. The topological polar surface area (TPSA) is 61.2 Å². The summed E-state index contributed by atoms with van der Waals surface area (Å²) in [4.78, 5) is 14.2. The van der Waals surface area contributed by atoms with Gasteiger partial charge >= 0.3 is 0 Å². The number of halogens is 2. The molecule has 0 radical (unpaired) electrons. The largest absolute Gasteiger partial charge is 0.351 e. The molecule has 1 aromatic carbocycles. The van der Waals surface area contributed by atoms with Crippen molar-refractivity contribution in [3.05, 3.63) is 65.3 Å². The van der Waals surface area contributed by atoms with Crippen LogP contribution in [0.5, 0.6) is 0 Å². The summed E-state index contributed by atoms with van der Waals surface area (Å²) in [7, 11) is 5.75. The molecule has 0 unspecified atom stereocenters. The predicted molar refractivity (Wildman–Crippen MR) is 122 cm³/mol.